The van der Waals surface area contributed by atoms with Crippen molar-refractivity contribution in [3.05, 3.63) is 46.8 Å². The molecule has 0 unspecified atom stereocenters. The summed E-state index contributed by atoms with van der Waals surface area (Å²) in [4.78, 5) is 15.9. The highest BCUT2D eigenvalue weighted by Crippen LogP contribution is 2.27. The molecular weight excluding hydrogens is 249 g/mol. The quantitative estimate of drug-likeness (QED) is 0.863. The van der Waals surface area contributed by atoms with Gasteiger partial charge in [0.05, 0.1) is 5.69 Å². The fraction of sp³-hybridized carbons (Fsp3) is 0.231. The number of nitrogens with two attached hydrogens (primary N) is 1. The fourth-order valence-electron chi connectivity index (χ4n) is 1.61. The number of nitrogen functional groups attached to an aromatic ring is 1. The second-order valence-corrected chi connectivity index (χ2v) is 4.30. The minimum Gasteiger partial charge on any atom is -0.429 e. The summed E-state index contributed by atoms with van der Waals surface area (Å²) in [6, 6.07) is 4.11. The minimum absolute atomic E-state index is 0.0455. The molecule has 0 saturated carbocycles. The number of halogens is 1. The molecule has 5 nitrogen and oxygen atoms in total. The first-order valence-corrected chi connectivity index (χ1v) is 5.79. The maximum absolute atomic E-state index is 13.6. The van der Waals surface area contributed by atoms with Crippen LogP contribution in [0.15, 0.2) is 35.4 Å². The number of hydrogen-bond donors (Lipinski definition) is 1. The van der Waals surface area contributed by atoms with Crippen molar-refractivity contribution >= 4 is 5.69 Å². The Morgan fingerprint density at radius 2 is 2.16 bits per heavy atom. The zero-order valence-corrected chi connectivity index (χ0v) is 10.6. The molecule has 0 aliphatic carbocycles. The van der Waals surface area contributed by atoms with Gasteiger partial charge < -0.3 is 15.0 Å². The highest BCUT2D eigenvalue weighted by atomic mass is 19.1. The molecule has 0 spiro atoms. The SMILES string of the molecule is CC(C)n1ccnc(Oc2c(N)cccc2F)c1=O. The average molecular weight is 263 g/mol. The molecule has 1 aromatic heterocycles. The lowest BCUT2D eigenvalue weighted by atomic mass is 10.3. The van der Waals surface area contributed by atoms with Crippen molar-refractivity contribution in [3.63, 3.8) is 0 Å². The third-order valence-electron chi connectivity index (χ3n) is 2.59. The van der Waals surface area contributed by atoms with E-state index in [1.54, 1.807) is 6.20 Å². The number of hydrogen-bond acceptors (Lipinski definition) is 4. The van der Waals surface area contributed by atoms with Gasteiger partial charge in [0, 0.05) is 18.4 Å². The van der Waals surface area contributed by atoms with Crippen LogP contribution >= 0.6 is 0 Å². The van der Waals surface area contributed by atoms with Gasteiger partial charge in [-0.1, -0.05) is 6.07 Å². The number of nitrogens with zero attached hydrogens (tertiary/aromatic N) is 2. The third kappa shape index (κ3) is 2.57. The normalized spacial score (nSPS) is 10.7. The first-order valence-electron chi connectivity index (χ1n) is 5.79. The van der Waals surface area contributed by atoms with Crippen LogP contribution < -0.4 is 16.0 Å². The van der Waals surface area contributed by atoms with E-state index in [-0.39, 0.29) is 23.4 Å². The van der Waals surface area contributed by atoms with E-state index >= 15 is 0 Å². The van der Waals surface area contributed by atoms with Gasteiger partial charge in [0.1, 0.15) is 0 Å². The topological polar surface area (TPSA) is 70.1 Å². The highest BCUT2D eigenvalue weighted by molar-refractivity contribution is 5.53. The Labute approximate surface area is 109 Å². The Morgan fingerprint density at radius 1 is 1.42 bits per heavy atom. The second kappa shape index (κ2) is 5.09. The molecule has 1 aromatic carbocycles. The lowest BCUT2D eigenvalue weighted by Crippen LogP contribution is -2.23. The van der Waals surface area contributed by atoms with Gasteiger partial charge in [0.15, 0.2) is 11.6 Å². The van der Waals surface area contributed by atoms with Crippen LogP contribution in [0.5, 0.6) is 11.6 Å². The molecule has 0 atom stereocenters. The summed E-state index contributed by atoms with van der Waals surface area (Å²) in [7, 11) is 0. The third-order valence-corrected chi connectivity index (χ3v) is 2.59. The summed E-state index contributed by atoms with van der Waals surface area (Å²) in [5.74, 6) is -1.03. The van der Waals surface area contributed by atoms with Gasteiger partial charge in [-0.15, -0.1) is 0 Å². The number of anilines is 1. The summed E-state index contributed by atoms with van der Waals surface area (Å²) in [5.41, 5.74) is 5.30. The van der Waals surface area contributed by atoms with Crippen LogP contribution in [-0.4, -0.2) is 9.55 Å². The van der Waals surface area contributed by atoms with Crippen LogP contribution in [0.25, 0.3) is 0 Å². The molecule has 0 bridgehead atoms. The molecule has 0 amide bonds. The molecule has 0 fully saturated rings. The number of aromatic nitrogens is 2. The number of ether oxygens (including phenoxy) is 1. The van der Waals surface area contributed by atoms with E-state index < -0.39 is 11.4 Å². The summed E-state index contributed by atoms with van der Waals surface area (Å²) in [6.45, 7) is 3.70. The van der Waals surface area contributed by atoms with E-state index in [1.807, 2.05) is 13.8 Å². The summed E-state index contributed by atoms with van der Waals surface area (Å²) >= 11 is 0. The molecule has 1 heterocycles. The predicted molar refractivity (Wildman–Crippen MR) is 69.8 cm³/mol. The summed E-state index contributed by atoms with van der Waals surface area (Å²) in [5, 5.41) is 0. The zero-order valence-electron chi connectivity index (χ0n) is 10.6. The van der Waals surface area contributed by atoms with Gasteiger partial charge in [0.2, 0.25) is 0 Å². The van der Waals surface area contributed by atoms with Gasteiger partial charge >= 0.3 is 5.56 Å². The lowest BCUT2D eigenvalue weighted by molar-refractivity contribution is 0.412. The first kappa shape index (κ1) is 13.1. The van der Waals surface area contributed by atoms with Crippen LogP contribution in [0.1, 0.15) is 19.9 Å². The Hall–Kier alpha value is -2.37. The first-order chi connectivity index (χ1) is 9.00. The second-order valence-electron chi connectivity index (χ2n) is 4.30. The molecule has 2 N–H and O–H groups in total. The van der Waals surface area contributed by atoms with Gasteiger partial charge in [0.25, 0.3) is 5.88 Å². The van der Waals surface area contributed by atoms with E-state index in [0.29, 0.717) is 0 Å². The van der Waals surface area contributed by atoms with Crippen molar-refractivity contribution in [3.8, 4) is 11.6 Å². The Kier molecular flexibility index (Phi) is 3.50. The lowest BCUT2D eigenvalue weighted by Gasteiger charge is -2.12. The van der Waals surface area contributed by atoms with Gasteiger partial charge in [-0.3, -0.25) is 4.79 Å². The molecule has 0 saturated heterocycles. The minimum atomic E-state index is -0.638. The van der Waals surface area contributed by atoms with Gasteiger partial charge in [-0.2, -0.15) is 0 Å². The van der Waals surface area contributed by atoms with Crippen molar-refractivity contribution in [1.82, 2.24) is 9.55 Å². The maximum Gasteiger partial charge on any atom is 0.313 e. The van der Waals surface area contributed by atoms with Gasteiger partial charge in [-0.05, 0) is 26.0 Å². The summed E-state index contributed by atoms with van der Waals surface area (Å²) < 4.78 is 20.2. The predicted octanol–water partition coefficient (Wildman–Crippen LogP) is 2.34. The Balaban J connectivity index is 2.45. The largest absolute Gasteiger partial charge is 0.429 e. The van der Waals surface area contributed by atoms with Crippen LogP contribution in [0.4, 0.5) is 10.1 Å². The van der Waals surface area contributed by atoms with Crippen LogP contribution in [0, 0.1) is 5.82 Å². The zero-order chi connectivity index (χ0) is 14.0. The number of benzene rings is 1. The van der Waals surface area contributed by atoms with E-state index in [4.69, 9.17) is 10.5 Å². The summed E-state index contributed by atoms with van der Waals surface area (Å²) in [6.07, 6.45) is 2.97. The van der Waals surface area contributed by atoms with E-state index in [9.17, 15) is 9.18 Å². The van der Waals surface area contributed by atoms with E-state index in [1.165, 1.54) is 29.0 Å². The van der Waals surface area contributed by atoms with Crippen LogP contribution in [-0.2, 0) is 0 Å². The molecule has 19 heavy (non-hydrogen) atoms. The van der Waals surface area contributed by atoms with Crippen molar-refractivity contribution in [2.75, 3.05) is 5.73 Å². The molecule has 2 aromatic rings. The Morgan fingerprint density at radius 3 is 2.79 bits per heavy atom. The highest BCUT2D eigenvalue weighted by Gasteiger charge is 2.14. The van der Waals surface area contributed by atoms with Crippen molar-refractivity contribution < 1.29 is 9.13 Å². The van der Waals surface area contributed by atoms with E-state index in [0.717, 1.165) is 0 Å². The van der Waals surface area contributed by atoms with Crippen molar-refractivity contribution in [2.45, 2.75) is 19.9 Å². The van der Waals surface area contributed by atoms with Crippen LogP contribution in [0.3, 0.4) is 0 Å². The number of para-hydroxylation sites is 1. The molecule has 0 aliphatic rings. The molecule has 2 rings (SSSR count). The monoisotopic (exact) mass is 263 g/mol. The maximum atomic E-state index is 13.6. The smallest absolute Gasteiger partial charge is 0.313 e. The molecule has 6 heteroatoms. The fourth-order valence-corrected chi connectivity index (χ4v) is 1.61. The molecule has 100 valence electrons. The van der Waals surface area contributed by atoms with Crippen molar-refractivity contribution in [1.29, 1.82) is 0 Å². The average Bonchev–Trinajstić information content (AvgIpc) is 2.35. The van der Waals surface area contributed by atoms with E-state index in [2.05, 4.69) is 4.98 Å². The molecular formula is C13H14FN3O2. The number of rotatable bonds is 3. The standard InChI is InChI=1S/C13H14FN3O2/c1-8(2)17-7-6-16-12(13(17)18)19-11-9(14)4-3-5-10(11)15/h3-8H,15H2,1-2H3. The van der Waals surface area contributed by atoms with Crippen molar-refractivity contribution in [2.24, 2.45) is 0 Å². The Bertz CT molecular complexity index is 632. The molecule has 0 radical (unpaired) electrons. The van der Waals surface area contributed by atoms with Gasteiger partial charge in [-0.25, -0.2) is 9.37 Å². The van der Waals surface area contributed by atoms with Crippen LogP contribution in [0.2, 0.25) is 0 Å². The molecule has 0 aliphatic heterocycles.